The van der Waals surface area contributed by atoms with Crippen LogP contribution in [0.25, 0.3) is 0 Å². The first-order valence-corrected chi connectivity index (χ1v) is 4.58. The van der Waals surface area contributed by atoms with Gasteiger partial charge in [-0.05, 0) is 19.1 Å². The van der Waals surface area contributed by atoms with E-state index in [-0.39, 0.29) is 0 Å². The van der Waals surface area contributed by atoms with Crippen molar-refractivity contribution in [1.82, 2.24) is 0 Å². The lowest BCUT2D eigenvalue weighted by Gasteiger charge is -2.16. The van der Waals surface area contributed by atoms with Crippen molar-refractivity contribution in [3.63, 3.8) is 0 Å². The van der Waals surface area contributed by atoms with Crippen molar-refractivity contribution in [1.29, 1.82) is 0 Å². The molecule has 0 aromatic heterocycles. The summed E-state index contributed by atoms with van der Waals surface area (Å²) in [5.74, 6) is -4.42. The second-order valence-electron chi connectivity index (χ2n) is 3.36. The molecule has 0 spiro atoms. The minimum atomic E-state index is -5.05. The Bertz CT molecular complexity index is 446. The molecule has 3 nitrogen and oxygen atoms in total. The number of hydrogen-bond donors (Lipinski definition) is 1. The van der Waals surface area contributed by atoms with Crippen molar-refractivity contribution in [3.05, 3.63) is 34.9 Å². The van der Waals surface area contributed by atoms with Crippen LogP contribution in [0, 0.1) is 11.6 Å². The molecule has 0 amide bonds. The molecule has 1 rings (SSSR count). The highest BCUT2D eigenvalue weighted by atomic mass is 19.4. The summed E-state index contributed by atoms with van der Waals surface area (Å²) < 4.78 is 65.9. The molecule has 1 unspecified atom stereocenters. The molecule has 0 aliphatic rings. The molecule has 1 aromatic carbocycles. The van der Waals surface area contributed by atoms with E-state index in [1.165, 1.54) is 0 Å². The molecule has 0 saturated carbocycles. The molecular formula is C10H7F5O3. The second-order valence-corrected chi connectivity index (χ2v) is 3.36. The first-order chi connectivity index (χ1) is 8.11. The fourth-order valence-corrected chi connectivity index (χ4v) is 1.36. The van der Waals surface area contributed by atoms with Crippen LogP contribution < -0.4 is 0 Å². The topological polar surface area (TPSA) is 46.5 Å². The summed E-state index contributed by atoms with van der Waals surface area (Å²) in [5.41, 5.74) is -1.68. The minimum absolute atomic E-state index is 0.428. The minimum Gasteiger partial charge on any atom is -0.478 e. The van der Waals surface area contributed by atoms with E-state index >= 15 is 0 Å². The molecule has 0 heterocycles. The van der Waals surface area contributed by atoms with E-state index in [0.717, 1.165) is 6.92 Å². The van der Waals surface area contributed by atoms with E-state index in [1.54, 1.807) is 0 Å². The highest BCUT2D eigenvalue weighted by molar-refractivity contribution is 5.87. The zero-order chi connectivity index (χ0) is 14.1. The number of benzene rings is 1. The van der Waals surface area contributed by atoms with Crippen molar-refractivity contribution in [2.24, 2.45) is 0 Å². The zero-order valence-electron chi connectivity index (χ0n) is 8.89. The van der Waals surface area contributed by atoms with Crippen molar-refractivity contribution in [3.8, 4) is 0 Å². The lowest BCUT2D eigenvalue weighted by molar-refractivity contribution is -0.342. The predicted octanol–water partition coefficient (Wildman–Crippen LogP) is 3.26. The maximum atomic E-state index is 13.3. The van der Waals surface area contributed by atoms with Crippen molar-refractivity contribution >= 4 is 5.97 Å². The van der Waals surface area contributed by atoms with E-state index in [2.05, 4.69) is 4.74 Å². The third-order valence-electron chi connectivity index (χ3n) is 2.04. The number of rotatable bonds is 3. The third-order valence-corrected chi connectivity index (χ3v) is 2.04. The van der Waals surface area contributed by atoms with Crippen LogP contribution in [-0.4, -0.2) is 17.4 Å². The molecular weight excluding hydrogens is 263 g/mol. The zero-order valence-corrected chi connectivity index (χ0v) is 8.89. The summed E-state index contributed by atoms with van der Waals surface area (Å²) in [7, 11) is 0. The Morgan fingerprint density at radius 3 is 2.06 bits per heavy atom. The molecule has 0 saturated heterocycles. The van der Waals surface area contributed by atoms with Crippen LogP contribution >= 0.6 is 0 Å². The standard InChI is InChI=1S/C10H7F5O3/c1-4(18-10(13,14)15)8-6(11)2-5(9(16)17)3-7(8)12/h2-4H,1H3,(H,16,17). The van der Waals surface area contributed by atoms with Gasteiger partial charge in [0.2, 0.25) is 0 Å². The molecule has 1 atom stereocenters. The molecule has 0 fully saturated rings. The Labute approximate surface area is 97.8 Å². The summed E-state index contributed by atoms with van der Waals surface area (Å²) in [5, 5.41) is 8.51. The van der Waals surface area contributed by atoms with Gasteiger partial charge in [-0.2, -0.15) is 0 Å². The molecule has 100 valence electrons. The first-order valence-electron chi connectivity index (χ1n) is 4.58. The Morgan fingerprint density at radius 2 is 1.72 bits per heavy atom. The van der Waals surface area contributed by atoms with Crippen LogP contribution in [0.3, 0.4) is 0 Å². The van der Waals surface area contributed by atoms with Gasteiger partial charge in [0.15, 0.2) is 0 Å². The average Bonchev–Trinajstić information content (AvgIpc) is 2.12. The highest BCUT2D eigenvalue weighted by Gasteiger charge is 2.34. The lowest BCUT2D eigenvalue weighted by atomic mass is 10.1. The van der Waals surface area contributed by atoms with E-state index in [9.17, 15) is 26.7 Å². The summed E-state index contributed by atoms with van der Waals surface area (Å²) in [6.07, 6.45) is -6.98. The Morgan fingerprint density at radius 1 is 1.28 bits per heavy atom. The Balaban J connectivity index is 3.14. The second kappa shape index (κ2) is 4.89. The van der Waals surface area contributed by atoms with Crippen LogP contribution in [-0.2, 0) is 4.74 Å². The highest BCUT2D eigenvalue weighted by Crippen LogP contribution is 2.30. The third kappa shape index (κ3) is 3.39. The molecule has 0 aliphatic carbocycles. The Hall–Kier alpha value is -1.70. The number of ether oxygens (including phenoxy) is 1. The van der Waals surface area contributed by atoms with Crippen molar-refractivity contribution in [2.75, 3.05) is 0 Å². The van der Waals surface area contributed by atoms with Gasteiger partial charge in [0.1, 0.15) is 11.6 Å². The van der Waals surface area contributed by atoms with E-state index in [4.69, 9.17) is 5.11 Å². The normalized spacial score (nSPS) is 13.4. The largest absolute Gasteiger partial charge is 0.523 e. The van der Waals surface area contributed by atoms with Gasteiger partial charge in [-0.1, -0.05) is 0 Å². The summed E-state index contributed by atoms with van der Waals surface area (Å²) >= 11 is 0. The molecule has 0 bridgehead atoms. The predicted molar refractivity (Wildman–Crippen MR) is 48.9 cm³/mol. The molecule has 1 aromatic rings. The molecule has 0 aliphatic heterocycles. The van der Waals surface area contributed by atoms with Gasteiger partial charge < -0.3 is 5.11 Å². The van der Waals surface area contributed by atoms with E-state index < -0.39 is 41.2 Å². The van der Waals surface area contributed by atoms with E-state index in [1.807, 2.05) is 0 Å². The SMILES string of the molecule is CC(OC(F)(F)F)c1c(F)cc(C(=O)O)cc1F. The maximum Gasteiger partial charge on any atom is 0.523 e. The number of carboxylic acids is 1. The Kier molecular flexibility index (Phi) is 3.90. The summed E-state index contributed by atoms with van der Waals surface area (Å²) in [6, 6.07) is 0.855. The monoisotopic (exact) mass is 270 g/mol. The lowest BCUT2D eigenvalue weighted by Crippen LogP contribution is -2.18. The summed E-state index contributed by atoms with van der Waals surface area (Å²) in [6.45, 7) is 0.801. The molecule has 0 radical (unpaired) electrons. The summed E-state index contributed by atoms with van der Waals surface area (Å²) in [4.78, 5) is 10.5. The van der Waals surface area contributed by atoms with Crippen LogP contribution in [0.5, 0.6) is 0 Å². The number of hydrogen-bond acceptors (Lipinski definition) is 2. The van der Waals surface area contributed by atoms with Gasteiger partial charge in [0.05, 0.1) is 17.2 Å². The van der Waals surface area contributed by atoms with Gasteiger partial charge in [0.25, 0.3) is 0 Å². The number of halogens is 5. The van der Waals surface area contributed by atoms with Gasteiger partial charge >= 0.3 is 12.3 Å². The smallest absolute Gasteiger partial charge is 0.478 e. The fraction of sp³-hybridized carbons (Fsp3) is 0.300. The van der Waals surface area contributed by atoms with Crippen LogP contribution in [0.1, 0.15) is 28.9 Å². The average molecular weight is 270 g/mol. The number of alkyl halides is 3. The van der Waals surface area contributed by atoms with Crippen molar-refractivity contribution in [2.45, 2.75) is 19.4 Å². The molecule has 18 heavy (non-hydrogen) atoms. The van der Waals surface area contributed by atoms with Gasteiger partial charge in [0, 0.05) is 0 Å². The van der Waals surface area contributed by atoms with Crippen LogP contribution in [0.15, 0.2) is 12.1 Å². The van der Waals surface area contributed by atoms with Crippen LogP contribution in [0.2, 0.25) is 0 Å². The quantitative estimate of drug-likeness (QED) is 0.857. The van der Waals surface area contributed by atoms with Crippen LogP contribution in [0.4, 0.5) is 22.0 Å². The number of carbonyl (C=O) groups is 1. The van der Waals surface area contributed by atoms with Gasteiger partial charge in [-0.15, -0.1) is 13.2 Å². The van der Waals surface area contributed by atoms with Gasteiger partial charge in [-0.3, -0.25) is 4.74 Å². The fourth-order valence-electron chi connectivity index (χ4n) is 1.36. The van der Waals surface area contributed by atoms with E-state index in [0.29, 0.717) is 12.1 Å². The first kappa shape index (κ1) is 14.4. The van der Waals surface area contributed by atoms with Crippen molar-refractivity contribution < 1.29 is 36.6 Å². The number of aromatic carboxylic acids is 1. The maximum absolute atomic E-state index is 13.3. The molecule has 1 N–H and O–H groups in total. The van der Waals surface area contributed by atoms with Gasteiger partial charge in [-0.25, -0.2) is 13.6 Å². The number of carboxylic acid groups (broad SMARTS) is 1. The molecule has 8 heteroatoms.